The fraction of sp³-hybridized carbons (Fsp3) is 0.600. The van der Waals surface area contributed by atoms with E-state index in [2.05, 4.69) is 17.1 Å². The third-order valence-electron chi connectivity index (χ3n) is 4.26. The first-order valence-corrected chi connectivity index (χ1v) is 9.37. The Morgan fingerprint density at radius 1 is 1.20 bits per heavy atom. The van der Waals surface area contributed by atoms with E-state index < -0.39 is 11.6 Å². The minimum Gasteiger partial charge on any atom is -0.450 e. The summed E-state index contributed by atoms with van der Waals surface area (Å²) in [5, 5.41) is 2.64. The zero-order valence-corrected chi connectivity index (χ0v) is 15.7. The summed E-state index contributed by atoms with van der Waals surface area (Å²) in [6.45, 7) is 4.80. The van der Waals surface area contributed by atoms with E-state index in [0.29, 0.717) is 19.3 Å². The van der Waals surface area contributed by atoms with Crippen LogP contribution in [0.2, 0.25) is 0 Å². The van der Waals surface area contributed by atoms with Crippen molar-refractivity contribution in [2.45, 2.75) is 70.8 Å². The fourth-order valence-electron chi connectivity index (χ4n) is 2.49. The van der Waals surface area contributed by atoms with Gasteiger partial charge in [0.1, 0.15) is 11.3 Å². The van der Waals surface area contributed by atoms with Gasteiger partial charge in [0.05, 0.1) is 6.54 Å². The molecule has 0 aromatic heterocycles. The molecular formula is C20H33N2O3+. The zero-order chi connectivity index (χ0) is 18.5. The second kappa shape index (κ2) is 11.6. The van der Waals surface area contributed by atoms with Gasteiger partial charge in [0.2, 0.25) is 5.91 Å². The van der Waals surface area contributed by atoms with Crippen molar-refractivity contribution in [2.24, 2.45) is 0 Å². The minimum atomic E-state index is -0.599. The Morgan fingerprint density at radius 2 is 1.88 bits per heavy atom. The van der Waals surface area contributed by atoms with Crippen LogP contribution in [0.3, 0.4) is 0 Å². The van der Waals surface area contributed by atoms with Gasteiger partial charge in [0, 0.05) is 6.42 Å². The highest BCUT2D eigenvalue weighted by Crippen LogP contribution is 2.26. The van der Waals surface area contributed by atoms with Gasteiger partial charge in [-0.05, 0) is 51.5 Å². The molecule has 1 heterocycles. The number of nitrogens with one attached hydrogen (secondary N) is 1. The van der Waals surface area contributed by atoms with Gasteiger partial charge >= 0.3 is 5.97 Å². The number of hydrogen-bond acceptors (Lipinski definition) is 3. The van der Waals surface area contributed by atoms with Crippen LogP contribution in [-0.2, 0) is 14.3 Å². The van der Waals surface area contributed by atoms with Crippen molar-refractivity contribution in [3.05, 3.63) is 36.1 Å². The number of hydrogen-bond donors (Lipinski definition) is 2. The van der Waals surface area contributed by atoms with E-state index >= 15 is 0 Å². The fourth-order valence-corrected chi connectivity index (χ4v) is 2.49. The normalized spacial score (nSPS) is 20.3. The lowest BCUT2D eigenvalue weighted by Gasteiger charge is -2.17. The van der Waals surface area contributed by atoms with Crippen molar-refractivity contribution < 1.29 is 20.1 Å². The zero-order valence-electron chi connectivity index (χ0n) is 15.7. The molecule has 0 bridgehead atoms. The summed E-state index contributed by atoms with van der Waals surface area (Å²) in [5.41, 5.74) is 3.50. The number of carbonyl (C=O) groups is 2. The Balaban J connectivity index is 2.16. The highest BCUT2D eigenvalue weighted by atomic mass is 16.6. The summed E-state index contributed by atoms with van der Waals surface area (Å²) in [6, 6.07) is 0. The van der Waals surface area contributed by atoms with Crippen LogP contribution in [-0.4, -0.2) is 24.0 Å². The number of carbonyl (C=O) groups excluding carboxylic acids is 2. The Labute approximate surface area is 151 Å². The van der Waals surface area contributed by atoms with Crippen molar-refractivity contribution in [3.8, 4) is 0 Å². The first kappa shape index (κ1) is 21.2. The number of quaternary nitrogens is 1. The molecule has 1 aliphatic rings. The van der Waals surface area contributed by atoms with Gasteiger partial charge in [-0.2, -0.15) is 0 Å². The SMILES string of the molecule is CC[C@@]1(C)C=C(NC(=O)CC/C=C\C=C\CCCCCC[NH3+])C(=O)O1. The molecule has 0 saturated heterocycles. The van der Waals surface area contributed by atoms with Crippen molar-refractivity contribution in [2.75, 3.05) is 6.54 Å². The quantitative estimate of drug-likeness (QED) is 0.323. The van der Waals surface area contributed by atoms with E-state index in [1.54, 1.807) is 6.08 Å². The first-order chi connectivity index (χ1) is 12.0. The molecule has 1 rings (SSSR count). The third kappa shape index (κ3) is 8.68. The first-order valence-electron chi connectivity index (χ1n) is 9.37. The number of ether oxygens (including phenoxy) is 1. The number of unbranched alkanes of at least 4 members (excludes halogenated alkanes) is 4. The van der Waals surface area contributed by atoms with Crippen molar-refractivity contribution in [3.63, 3.8) is 0 Å². The molecule has 1 atom stereocenters. The van der Waals surface area contributed by atoms with Crippen molar-refractivity contribution in [1.29, 1.82) is 0 Å². The monoisotopic (exact) mass is 349 g/mol. The van der Waals surface area contributed by atoms with E-state index in [-0.39, 0.29) is 11.6 Å². The van der Waals surface area contributed by atoms with E-state index in [4.69, 9.17) is 4.74 Å². The van der Waals surface area contributed by atoms with Crippen LogP contribution < -0.4 is 11.1 Å². The van der Waals surface area contributed by atoms with Gasteiger partial charge in [-0.3, -0.25) is 4.79 Å². The molecule has 1 aliphatic heterocycles. The van der Waals surface area contributed by atoms with E-state index in [9.17, 15) is 9.59 Å². The van der Waals surface area contributed by atoms with Gasteiger partial charge in [-0.1, -0.05) is 37.6 Å². The van der Waals surface area contributed by atoms with E-state index in [0.717, 1.165) is 13.0 Å². The van der Waals surface area contributed by atoms with Crippen LogP contribution in [0.15, 0.2) is 36.1 Å². The van der Waals surface area contributed by atoms with Crippen LogP contribution in [0.25, 0.3) is 0 Å². The molecule has 0 spiro atoms. The van der Waals surface area contributed by atoms with Gasteiger partial charge < -0.3 is 15.8 Å². The van der Waals surface area contributed by atoms with Crippen molar-refractivity contribution >= 4 is 11.9 Å². The molecule has 5 heteroatoms. The van der Waals surface area contributed by atoms with Crippen LogP contribution in [0.4, 0.5) is 0 Å². The maximum atomic E-state index is 11.9. The Morgan fingerprint density at radius 3 is 2.52 bits per heavy atom. The summed E-state index contributed by atoms with van der Waals surface area (Å²) >= 11 is 0. The van der Waals surface area contributed by atoms with Crippen LogP contribution in [0.5, 0.6) is 0 Å². The molecule has 0 aromatic carbocycles. The molecule has 0 aliphatic carbocycles. The van der Waals surface area contributed by atoms with E-state index in [1.165, 1.54) is 25.7 Å². The largest absolute Gasteiger partial charge is 0.450 e. The van der Waals surface area contributed by atoms with E-state index in [1.807, 2.05) is 32.1 Å². The Kier molecular flexibility index (Phi) is 9.85. The molecule has 0 unspecified atom stereocenters. The highest BCUT2D eigenvalue weighted by molar-refractivity contribution is 5.96. The Hall–Kier alpha value is -1.88. The molecule has 1 amide bonds. The lowest BCUT2D eigenvalue weighted by atomic mass is 10.0. The molecule has 4 N–H and O–H groups in total. The summed E-state index contributed by atoms with van der Waals surface area (Å²) < 4.78 is 5.25. The van der Waals surface area contributed by atoms with Crippen LogP contribution in [0, 0.1) is 0 Å². The molecule has 140 valence electrons. The summed E-state index contributed by atoms with van der Waals surface area (Å²) in [4.78, 5) is 23.6. The molecule has 25 heavy (non-hydrogen) atoms. The third-order valence-corrected chi connectivity index (χ3v) is 4.26. The average molecular weight is 349 g/mol. The average Bonchev–Trinajstić information content (AvgIpc) is 2.87. The molecule has 0 saturated carbocycles. The lowest BCUT2D eigenvalue weighted by Crippen LogP contribution is -2.50. The topological polar surface area (TPSA) is 83.0 Å². The number of rotatable bonds is 12. The summed E-state index contributed by atoms with van der Waals surface area (Å²) in [7, 11) is 0. The van der Waals surface area contributed by atoms with Gasteiger partial charge in [-0.25, -0.2) is 4.79 Å². The standard InChI is InChI=1S/C20H32N2O3/c1-3-20(2)16-17(19(24)25-20)22-18(23)14-12-10-8-6-4-5-7-9-11-13-15-21/h4,6,8,10,16H,3,5,7,9,11-15,21H2,1-2H3,(H,22,23)/p+1/b6-4+,10-8-/t20-/m0/s1. The number of cyclic esters (lactones) is 1. The number of amides is 1. The summed E-state index contributed by atoms with van der Waals surface area (Å²) in [6.07, 6.45) is 17.6. The Bertz CT molecular complexity index is 523. The van der Waals surface area contributed by atoms with Crippen LogP contribution >= 0.6 is 0 Å². The lowest BCUT2D eigenvalue weighted by molar-refractivity contribution is -0.368. The molecule has 5 nitrogen and oxygen atoms in total. The second-order valence-corrected chi connectivity index (χ2v) is 6.61. The van der Waals surface area contributed by atoms with Crippen LogP contribution in [0.1, 0.15) is 65.2 Å². The number of esters is 1. The minimum absolute atomic E-state index is 0.164. The van der Waals surface area contributed by atoms with Gasteiger partial charge in [-0.15, -0.1) is 0 Å². The number of allylic oxidation sites excluding steroid dienone is 4. The molecule has 0 radical (unpaired) electrons. The smallest absolute Gasteiger partial charge is 0.355 e. The molecular weight excluding hydrogens is 316 g/mol. The maximum Gasteiger partial charge on any atom is 0.355 e. The van der Waals surface area contributed by atoms with Gasteiger partial charge in [0.15, 0.2) is 0 Å². The van der Waals surface area contributed by atoms with Gasteiger partial charge in [0.25, 0.3) is 0 Å². The second-order valence-electron chi connectivity index (χ2n) is 6.61. The summed E-state index contributed by atoms with van der Waals surface area (Å²) in [5.74, 6) is -0.617. The highest BCUT2D eigenvalue weighted by Gasteiger charge is 2.34. The molecule has 0 aromatic rings. The predicted molar refractivity (Wildman–Crippen MR) is 99.4 cm³/mol. The maximum absolute atomic E-state index is 11.9. The predicted octanol–water partition coefficient (Wildman–Crippen LogP) is 2.80. The van der Waals surface area contributed by atoms with Crippen molar-refractivity contribution in [1.82, 2.24) is 5.32 Å². The molecule has 0 fully saturated rings.